The van der Waals surface area contributed by atoms with Crippen LogP contribution in [0.15, 0.2) is 42.5 Å². The average molecular weight is 329 g/mol. The van der Waals surface area contributed by atoms with Crippen LogP contribution in [0.1, 0.15) is 57.6 Å². The zero-order valence-corrected chi connectivity index (χ0v) is 15.1. The van der Waals surface area contributed by atoms with Crippen LogP contribution in [0, 0.1) is 0 Å². The third-order valence-electron chi connectivity index (χ3n) is 3.52. The summed E-state index contributed by atoms with van der Waals surface area (Å²) in [6.07, 6.45) is 6.38. The maximum atomic E-state index is 12.2. The Labute approximate surface area is 144 Å². The summed E-state index contributed by atoms with van der Waals surface area (Å²) in [4.78, 5) is 23.7. The Morgan fingerprint density at radius 2 is 1.67 bits per heavy atom. The lowest BCUT2D eigenvalue weighted by Crippen LogP contribution is -2.22. The maximum Gasteiger partial charge on any atom is 0.331 e. The van der Waals surface area contributed by atoms with E-state index in [-0.39, 0.29) is 24.3 Å². The van der Waals surface area contributed by atoms with Gasteiger partial charge in [0.2, 0.25) is 0 Å². The molecule has 0 aliphatic carbocycles. The Kier molecular flexibility index (Phi) is 7.96. The van der Waals surface area contributed by atoms with Crippen LogP contribution in [0.5, 0.6) is 0 Å². The van der Waals surface area contributed by atoms with Crippen molar-refractivity contribution < 1.29 is 14.3 Å². The van der Waals surface area contributed by atoms with E-state index in [2.05, 4.69) is 33.0 Å². The van der Waals surface area contributed by atoms with Gasteiger partial charge in [-0.2, -0.15) is 0 Å². The highest BCUT2D eigenvalue weighted by Crippen LogP contribution is 2.32. The molecule has 0 unspecified atom stereocenters. The van der Waals surface area contributed by atoms with Gasteiger partial charge in [-0.15, -0.1) is 0 Å². The topological polar surface area (TPSA) is 55.4 Å². The van der Waals surface area contributed by atoms with Crippen LogP contribution in [-0.2, 0) is 14.3 Å². The number of allylic oxidation sites excluding steroid dienone is 3. The normalized spacial score (nSPS) is 11.6. The quantitative estimate of drug-likeness (QED) is 0.454. The van der Waals surface area contributed by atoms with E-state index in [1.54, 1.807) is 18.2 Å². The molecular weight excluding hydrogens is 302 g/mol. The number of esters is 1. The van der Waals surface area contributed by atoms with Gasteiger partial charge in [-0.3, -0.25) is 4.79 Å². The van der Waals surface area contributed by atoms with E-state index < -0.39 is 5.97 Å². The highest BCUT2D eigenvalue weighted by molar-refractivity contribution is 5.95. The number of carbonyl (C=O) groups excluding carboxylic acids is 2. The molecule has 0 saturated carbocycles. The van der Waals surface area contributed by atoms with Gasteiger partial charge in [-0.25, -0.2) is 4.79 Å². The van der Waals surface area contributed by atoms with E-state index in [1.807, 2.05) is 25.1 Å². The number of benzene rings is 1. The molecule has 130 valence electrons. The second kappa shape index (κ2) is 9.71. The van der Waals surface area contributed by atoms with Crippen LogP contribution in [-0.4, -0.2) is 18.5 Å². The molecule has 1 amide bonds. The zero-order chi connectivity index (χ0) is 18.1. The Balaban J connectivity index is 2.81. The predicted octanol–water partition coefficient (Wildman–Crippen LogP) is 4.55. The van der Waals surface area contributed by atoms with Crippen LogP contribution in [0.25, 0.3) is 0 Å². The summed E-state index contributed by atoms with van der Waals surface area (Å²) in [5.74, 6) is -0.308. The van der Waals surface area contributed by atoms with Gasteiger partial charge in [0.25, 0.3) is 5.91 Å². The number of para-hydroxylation sites is 1. The fourth-order valence-corrected chi connectivity index (χ4v) is 2.30. The molecule has 1 rings (SSSR count). The molecular formula is C20H27NO3. The maximum absolute atomic E-state index is 12.2. The second-order valence-electron chi connectivity index (χ2n) is 6.16. The molecule has 0 radical (unpaired) electrons. The lowest BCUT2D eigenvalue weighted by molar-refractivity contribution is -0.142. The Bertz CT molecular complexity index is 602. The molecule has 0 spiro atoms. The van der Waals surface area contributed by atoms with E-state index in [0.717, 1.165) is 16.8 Å². The summed E-state index contributed by atoms with van der Waals surface area (Å²) < 4.78 is 4.95. The number of rotatable bonds is 7. The number of carbonyl (C=O) groups is 2. The molecule has 4 nitrogen and oxygen atoms in total. The van der Waals surface area contributed by atoms with Crippen LogP contribution < -0.4 is 5.32 Å². The fourth-order valence-electron chi connectivity index (χ4n) is 2.30. The first-order valence-corrected chi connectivity index (χ1v) is 8.25. The van der Waals surface area contributed by atoms with Crippen molar-refractivity contribution in [3.05, 3.63) is 53.6 Å². The Hall–Kier alpha value is -2.36. The number of hydrogen-bond acceptors (Lipinski definition) is 3. The molecule has 0 saturated heterocycles. The van der Waals surface area contributed by atoms with Gasteiger partial charge >= 0.3 is 5.97 Å². The van der Waals surface area contributed by atoms with Gasteiger partial charge in [0, 0.05) is 11.8 Å². The summed E-state index contributed by atoms with van der Waals surface area (Å²) in [7, 11) is 0. The summed E-state index contributed by atoms with van der Waals surface area (Å²) >= 11 is 0. The first-order valence-electron chi connectivity index (χ1n) is 8.25. The molecule has 0 bridgehead atoms. The third-order valence-corrected chi connectivity index (χ3v) is 3.52. The number of anilines is 1. The summed E-state index contributed by atoms with van der Waals surface area (Å²) in [6.45, 7) is 9.88. The van der Waals surface area contributed by atoms with E-state index in [0.29, 0.717) is 0 Å². The minimum atomic E-state index is -0.538. The Morgan fingerprint density at radius 1 is 1.08 bits per heavy atom. The molecule has 0 heterocycles. The zero-order valence-electron chi connectivity index (χ0n) is 15.1. The van der Waals surface area contributed by atoms with E-state index >= 15 is 0 Å². The molecule has 1 aromatic carbocycles. The molecule has 1 N–H and O–H groups in total. The largest absolute Gasteiger partial charge is 0.452 e. The van der Waals surface area contributed by atoms with Crippen molar-refractivity contribution in [2.75, 3.05) is 11.9 Å². The van der Waals surface area contributed by atoms with Crippen molar-refractivity contribution in [2.45, 2.75) is 46.5 Å². The fraction of sp³-hybridized carbons (Fsp3) is 0.400. The van der Waals surface area contributed by atoms with Crippen LogP contribution in [0.3, 0.4) is 0 Å². The minimum Gasteiger partial charge on any atom is -0.452 e. The molecule has 4 heteroatoms. The summed E-state index contributed by atoms with van der Waals surface area (Å²) in [5.41, 5.74) is 2.98. The van der Waals surface area contributed by atoms with Gasteiger partial charge in [0.15, 0.2) is 6.61 Å². The van der Waals surface area contributed by atoms with E-state index in [4.69, 9.17) is 4.74 Å². The standard InChI is InChI=1S/C20H27NO3/c1-6-7-8-12-19(23)24-13-18(22)21-20-16(14(2)3)10-9-11-17(20)15(4)5/h6-12,14-15H,13H2,1-5H3,(H,21,22)/b7-6+,12-8+. The summed E-state index contributed by atoms with van der Waals surface area (Å²) in [6, 6.07) is 6.03. The highest BCUT2D eigenvalue weighted by Gasteiger charge is 2.16. The van der Waals surface area contributed by atoms with Crippen LogP contribution in [0.2, 0.25) is 0 Å². The predicted molar refractivity (Wildman–Crippen MR) is 98.2 cm³/mol. The van der Waals surface area contributed by atoms with Gasteiger partial charge in [-0.05, 0) is 29.9 Å². The number of nitrogens with one attached hydrogen (secondary N) is 1. The van der Waals surface area contributed by atoms with Crippen LogP contribution >= 0.6 is 0 Å². The Morgan fingerprint density at radius 3 is 2.17 bits per heavy atom. The van der Waals surface area contributed by atoms with Gasteiger partial charge in [-0.1, -0.05) is 64.1 Å². The monoisotopic (exact) mass is 329 g/mol. The first kappa shape index (κ1) is 19.7. The lowest BCUT2D eigenvalue weighted by atomic mass is 9.92. The molecule has 0 aliphatic rings. The number of amides is 1. The molecule has 0 aliphatic heterocycles. The van der Waals surface area contributed by atoms with E-state index in [9.17, 15) is 9.59 Å². The van der Waals surface area contributed by atoms with Crippen molar-refractivity contribution in [1.29, 1.82) is 0 Å². The smallest absolute Gasteiger partial charge is 0.331 e. The molecule has 0 aromatic heterocycles. The number of ether oxygens (including phenoxy) is 1. The van der Waals surface area contributed by atoms with Crippen molar-refractivity contribution in [3.63, 3.8) is 0 Å². The second-order valence-corrected chi connectivity index (χ2v) is 6.16. The van der Waals surface area contributed by atoms with Crippen molar-refractivity contribution in [3.8, 4) is 0 Å². The van der Waals surface area contributed by atoms with Crippen LogP contribution in [0.4, 0.5) is 5.69 Å². The minimum absolute atomic E-state index is 0.283. The molecule has 0 fully saturated rings. The van der Waals surface area contributed by atoms with Crippen molar-refractivity contribution in [2.24, 2.45) is 0 Å². The van der Waals surface area contributed by atoms with Crippen molar-refractivity contribution >= 4 is 17.6 Å². The molecule has 24 heavy (non-hydrogen) atoms. The lowest BCUT2D eigenvalue weighted by Gasteiger charge is -2.20. The number of hydrogen-bond donors (Lipinski definition) is 1. The molecule has 0 atom stereocenters. The summed E-state index contributed by atoms with van der Waals surface area (Å²) in [5, 5.41) is 2.91. The average Bonchev–Trinajstić information content (AvgIpc) is 2.53. The van der Waals surface area contributed by atoms with Gasteiger partial charge in [0.05, 0.1) is 0 Å². The van der Waals surface area contributed by atoms with E-state index in [1.165, 1.54) is 6.08 Å². The van der Waals surface area contributed by atoms with Gasteiger partial charge in [0.1, 0.15) is 0 Å². The molecule has 1 aromatic rings. The van der Waals surface area contributed by atoms with Gasteiger partial charge < -0.3 is 10.1 Å². The van der Waals surface area contributed by atoms with Crippen molar-refractivity contribution in [1.82, 2.24) is 0 Å². The third kappa shape index (κ3) is 6.03. The highest BCUT2D eigenvalue weighted by atomic mass is 16.5. The SMILES string of the molecule is C/C=C/C=C/C(=O)OCC(=O)Nc1c(C(C)C)cccc1C(C)C. The first-order chi connectivity index (χ1) is 11.4.